The molecule has 4 heteroatoms. The van der Waals surface area contributed by atoms with Crippen molar-refractivity contribution >= 4 is 11.8 Å². The van der Waals surface area contributed by atoms with Crippen LogP contribution in [0.1, 0.15) is 39.3 Å². The Kier molecular flexibility index (Phi) is 8.54. The Morgan fingerprint density at radius 3 is 2.35 bits per heavy atom. The van der Waals surface area contributed by atoms with E-state index in [2.05, 4.69) is 31.3 Å². The van der Waals surface area contributed by atoms with Crippen LogP contribution in [0.5, 0.6) is 11.5 Å². The Morgan fingerprint density at radius 2 is 1.75 bits per heavy atom. The molecule has 1 rings (SSSR count). The number of hydrogen-bond acceptors (Lipinski definition) is 4. The van der Waals surface area contributed by atoms with Gasteiger partial charge < -0.3 is 14.8 Å². The highest BCUT2D eigenvalue weighted by Gasteiger charge is 2.13. The zero-order valence-corrected chi connectivity index (χ0v) is 13.9. The Hall–Kier alpha value is -0.870. The van der Waals surface area contributed by atoms with Crippen LogP contribution in [0.2, 0.25) is 0 Å². The summed E-state index contributed by atoms with van der Waals surface area (Å²) < 4.78 is 11.3. The summed E-state index contributed by atoms with van der Waals surface area (Å²) in [5.41, 5.74) is 1.26. The van der Waals surface area contributed by atoms with Gasteiger partial charge in [0.2, 0.25) is 0 Å². The minimum Gasteiger partial charge on any atom is -0.490 e. The smallest absolute Gasteiger partial charge is 0.161 e. The van der Waals surface area contributed by atoms with Crippen molar-refractivity contribution in [3.05, 3.63) is 23.8 Å². The van der Waals surface area contributed by atoms with Gasteiger partial charge in [-0.1, -0.05) is 19.9 Å². The van der Waals surface area contributed by atoms with Crippen LogP contribution >= 0.6 is 11.8 Å². The van der Waals surface area contributed by atoms with Crippen molar-refractivity contribution in [2.45, 2.75) is 33.7 Å². The van der Waals surface area contributed by atoms with E-state index in [9.17, 15) is 0 Å². The van der Waals surface area contributed by atoms with Gasteiger partial charge in [-0.15, -0.1) is 0 Å². The van der Waals surface area contributed by atoms with Crippen LogP contribution in [0, 0.1) is 0 Å². The van der Waals surface area contributed by atoms with E-state index < -0.39 is 0 Å². The van der Waals surface area contributed by atoms with Gasteiger partial charge >= 0.3 is 0 Å². The molecule has 0 saturated carbocycles. The average Bonchev–Trinajstić information content (AvgIpc) is 2.46. The highest BCUT2D eigenvalue weighted by molar-refractivity contribution is 7.99. The number of nitrogens with one attached hydrogen (secondary N) is 1. The van der Waals surface area contributed by atoms with Crippen LogP contribution in [0.4, 0.5) is 0 Å². The maximum atomic E-state index is 5.70. The fourth-order valence-electron chi connectivity index (χ4n) is 2.04. The van der Waals surface area contributed by atoms with Gasteiger partial charge in [0.25, 0.3) is 0 Å². The van der Waals surface area contributed by atoms with Crippen LogP contribution in [-0.4, -0.2) is 31.3 Å². The van der Waals surface area contributed by atoms with E-state index in [-0.39, 0.29) is 0 Å². The van der Waals surface area contributed by atoms with Crippen molar-refractivity contribution in [3.63, 3.8) is 0 Å². The van der Waals surface area contributed by atoms with Gasteiger partial charge in [0, 0.05) is 11.8 Å². The molecule has 0 amide bonds. The molecule has 3 nitrogen and oxygen atoms in total. The molecular formula is C16H27NO2S. The molecule has 0 spiro atoms. The van der Waals surface area contributed by atoms with Gasteiger partial charge in [0.15, 0.2) is 11.5 Å². The second kappa shape index (κ2) is 9.94. The fraction of sp³-hybridized carbons (Fsp3) is 0.625. The first-order chi connectivity index (χ1) is 9.76. The molecule has 114 valence electrons. The van der Waals surface area contributed by atoms with E-state index in [1.165, 1.54) is 5.56 Å². The quantitative estimate of drug-likeness (QED) is 0.710. The molecule has 0 aliphatic rings. The molecule has 1 unspecified atom stereocenters. The monoisotopic (exact) mass is 297 g/mol. The minimum absolute atomic E-state index is 0.361. The summed E-state index contributed by atoms with van der Waals surface area (Å²) in [5.74, 6) is 3.88. The SMILES string of the molecule is CCNC(CSCC)c1ccc(OCC)c(OCC)c1. The molecule has 0 aromatic heterocycles. The summed E-state index contributed by atoms with van der Waals surface area (Å²) in [5, 5.41) is 3.54. The van der Waals surface area contributed by atoms with Crippen LogP contribution in [0.15, 0.2) is 18.2 Å². The first-order valence-corrected chi connectivity index (χ1v) is 8.62. The van der Waals surface area contributed by atoms with Gasteiger partial charge in [-0.05, 0) is 43.8 Å². The Balaban J connectivity index is 2.93. The minimum atomic E-state index is 0.361. The zero-order chi connectivity index (χ0) is 14.8. The number of ether oxygens (including phenoxy) is 2. The lowest BCUT2D eigenvalue weighted by Gasteiger charge is -2.20. The van der Waals surface area contributed by atoms with Gasteiger partial charge in [-0.25, -0.2) is 0 Å². The molecule has 0 bridgehead atoms. The molecule has 1 aromatic rings. The van der Waals surface area contributed by atoms with Gasteiger partial charge in [0.1, 0.15) is 0 Å². The van der Waals surface area contributed by atoms with Gasteiger partial charge in [-0.3, -0.25) is 0 Å². The molecule has 0 aliphatic carbocycles. The number of benzene rings is 1. The second-order valence-electron chi connectivity index (χ2n) is 4.34. The Morgan fingerprint density at radius 1 is 1.05 bits per heavy atom. The van der Waals surface area contributed by atoms with E-state index in [4.69, 9.17) is 9.47 Å². The normalized spacial score (nSPS) is 12.2. The highest BCUT2D eigenvalue weighted by Crippen LogP contribution is 2.31. The Bertz CT molecular complexity index is 385. The second-order valence-corrected chi connectivity index (χ2v) is 5.66. The maximum Gasteiger partial charge on any atom is 0.161 e. The summed E-state index contributed by atoms with van der Waals surface area (Å²) in [6.45, 7) is 10.6. The van der Waals surface area contributed by atoms with Crippen molar-refractivity contribution in [2.24, 2.45) is 0 Å². The van der Waals surface area contributed by atoms with Crippen LogP contribution in [0.25, 0.3) is 0 Å². The summed E-state index contributed by atoms with van der Waals surface area (Å²) >= 11 is 1.95. The maximum absolute atomic E-state index is 5.70. The van der Waals surface area contributed by atoms with E-state index in [0.29, 0.717) is 19.3 Å². The molecule has 0 saturated heterocycles. The molecule has 1 N–H and O–H groups in total. The lowest BCUT2D eigenvalue weighted by Crippen LogP contribution is -2.23. The topological polar surface area (TPSA) is 30.5 Å². The van der Waals surface area contributed by atoms with E-state index in [1.807, 2.05) is 31.7 Å². The molecular weight excluding hydrogens is 270 g/mol. The largest absolute Gasteiger partial charge is 0.490 e. The summed E-state index contributed by atoms with van der Waals surface area (Å²) in [4.78, 5) is 0. The van der Waals surface area contributed by atoms with E-state index in [0.717, 1.165) is 29.5 Å². The molecule has 20 heavy (non-hydrogen) atoms. The molecule has 0 radical (unpaired) electrons. The molecule has 0 aliphatic heterocycles. The molecule has 1 aromatic carbocycles. The number of thioether (sulfide) groups is 1. The lowest BCUT2D eigenvalue weighted by molar-refractivity contribution is 0.287. The summed E-state index contributed by atoms with van der Waals surface area (Å²) in [6, 6.07) is 6.62. The third-order valence-corrected chi connectivity index (χ3v) is 3.89. The van der Waals surface area contributed by atoms with E-state index in [1.54, 1.807) is 0 Å². The lowest BCUT2D eigenvalue weighted by atomic mass is 10.1. The van der Waals surface area contributed by atoms with Gasteiger partial charge in [-0.2, -0.15) is 11.8 Å². The summed E-state index contributed by atoms with van der Waals surface area (Å²) in [6.07, 6.45) is 0. The molecule has 1 atom stereocenters. The van der Waals surface area contributed by atoms with Crippen molar-refractivity contribution in [1.29, 1.82) is 0 Å². The summed E-state index contributed by atoms with van der Waals surface area (Å²) in [7, 11) is 0. The first-order valence-electron chi connectivity index (χ1n) is 7.47. The van der Waals surface area contributed by atoms with Crippen molar-refractivity contribution < 1.29 is 9.47 Å². The Labute approximate surface area is 127 Å². The fourth-order valence-corrected chi connectivity index (χ4v) is 2.82. The standard InChI is InChI=1S/C16H27NO2S/c1-5-17-14(12-20-8-4)13-9-10-15(18-6-2)16(11-13)19-7-3/h9-11,14,17H,5-8,12H2,1-4H3. The van der Waals surface area contributed by atoms with Crippen LogP contribution in [0.3, 0.4) is 0 Å². The zero-order valence-electron chi connectivity index (χ0n) is 13.1. The number of hydrogen-bond donors (Lipinski definition) is 1. The first kappa shape index (κ1) is 17.2. The molecule has 0 heterocycles. The van der Waals surface area contributed by atoms with E-state index >= 15 is 0 Å². The molecule has 0 fully saturated rings. The van der Waals surface area contributed by atoms with Gasteiger partial charge in [0.05, 0.1) is 13.2 Å². The average molecular weight is 297 g/mol. The van der Waals surface area contributed by atoms with Crippen LogP contribution < -0.4 is 14.8 Å². The predicted octanol–water partition coefficient (Wildman–Crippen LogP) is 3.89. The number of rotatable bonds is 10. The van der Waals surface area contributed by atoms with Crippen molar-refractivity contribution in [1.82, 2.24) is 5.32 Å². The third kappa shape index (κ3) is 5.25. The van der Waals surface area contributed by atoms with Crippen molar-refractivity contribution in [2.75, 3.05) is 31.3 Å². The van der Waals surface area contributed by atoms with Crippen molar-refractivity contribution in [3.8, 4) is 11.5 Å². The predicted molar refractivity (Wildman–Crippen MR) is 88.2 cm³/mol. The highest BCUT2D eigenvalue weighted by atomic mass is 32.2. The third-order valence-electron chi connectivity index (χ3n) is 2.91. The van der Waals surface area contributed by atoms with Crippen LogP contribution in [-0.2, 0) is 0 Å².